The minimum atomic E-state index is -3.92. The van der Waals surface area contributed by atoms with Crippen molar-refractivity contribution in [3.05, 3.63) is 42.6 Å². The first-order valence-corrected chi connectivity index (χ1v) is 19.0. The van der Waals surface area contributed by atoms with Gasteiger partial charge in [-0.15, -0.1) is 0 Å². The van der Waals surface area contributed by atoms with Gasteiger partial charge in [0.2, 0.25) is 27.7 Å². The highest BCUT2D eigenvalue weighted by Gasteiger charge is 2.62. The minimum absolute atomic E-state index is 0.00276. The monoisotopic (exact) mass is 742 g/mol. The lowest BCUT2D eigenvalue weighted by atomic mass is 10.1. The van der Waals surface area contributed by atoms with Gasteiger partial charge in [-0.3, -0.25) is 19.1 Å². The van der Waals surface area contributed by atoms with Crippen LogP contribution < -0.4 is 25.4 Å². The van der Waals surface area contributed by atoms with Crippen LogP contribution in [-0.2, 0) is 33.9 Å². The van der Waals surface area contributed by atoms with Crippen molar-refractivity contribution in [1.29, 1.82) is 0 Å². The van der Waals surface area contributed by atoms with Crippen molar-refractivity contribution in [3.8, 4) is 11.6 Å². The number of benzene rings is 1. The van der Waals surface area contributed by atoms with Crippen LogP contribution in [0, 0.1) is 5.92 Å². The summed E-state index contributed by atoms with van der Waals surface area (Å²) < 4.78 is 50.7. The van der Waals surface area contributed by atoms with Gasteiger partial charge < -0.3 is 29.2 Å². The second-order valence-electron chi connectivity index (χ2n) is 14.7. The Morgan fingerprint density at radius 2 is 1.94 bits per heavy atom. The van der Waals surface area contributed by atoms with Crippen molar-refractivity contribution in [1.82, 2.24) is 24.9 Å². The summed E-state index contributed by atoms with van der Waals surface area (Å²) in [4.78, 5) is 61.3. The van der Waals surface area contributed by atoms with Crippen molar-refractivity contribution in [2.45, 2.75) is 93.9 Å². The first-order chi connectivity index (χ1) is 24.6. The van der Waals surface area contributed by atoms with Gasteiger partial charge in [-0.1, -0.05) is 12.2 Å². The summed E-state index contributed by atoms with van der Waals surface area (Å²) in [7, 11) is -2.36. The second-order valence-corrected chi connectivity index (χ2v) is 16.6. The summed E-state index contributed by atoms with van der Waals surface area (Å²) >= 11 is 0. The number of amides is 4. The molecule has 4 N–H and O–H groups in total. The normalized spacial score (nSPS) is 27.6. The molecule has 0 radical (unpaired) electrons. The van der Waals surface area contributed by atoms with E-state index in [9.17, 15) is 27.6 Å². The Balaban J connectivity index is 1.32. The van der Waals surface area contributed by atoms with Crippen molar-refractivity contribution >= 4 is 44.6 Å². The van der Waals surface area contributed by atoms with Gasteiger partial charge in [-0.25, -0.2) is 29.0 Å². The van der Waals surface area contributed by atoms with E-state index in [0.29, 0.717) is 30.4 Å². The van der Waals surface area contributed by atoms with E-state index in [1.807, 2.05) is 6.07 Å². The van der Waals surface area contributed by atoms with E-state index in [0.717, 1.165) is 10.4 Å². The van der Waals surface area contributed by atoms with Crippen LogP contribution in [0.25, 0.3) is 10.8 Å². The van der Waals surface area contributed by atoms with Crippen LogP contribution in [0.5, 0.6) is 11.6 Å². The molecule has 3 heterocycles. The summed E-state index contributed by atoms with van der Waals surface area (Å²) in [5, 5.41) is 4.37. The van der Waals surface area contributed by atoms with Crippen LogP contribution in [0.2, 0.25) is 0 Å². The Hall–Kier alpha value is -4.48. The zero-order chi connectivity index (χ0) is 37.4. The number of nitrogens with two attached hydrogens (primary N) is 1. The van der Waals surface area contributed by atoms with Crippen molar-refractivity contribution in [3.63, 3.8) is 0 Å². The van der Waals surface area contributed by atoms with Gasteiger partial charge in [0, 0.05) is 30.5 Å². The maximum Gasteiger partial charge on any atom is 0.425 e. The number of methoxy groups -OCH3 is 1. The molecule has 2 aromatic rings. The number of sulfonamides is 1. The predicted molar refractivity (Wildman–Crippen MR) is 187 cm³/mol. The lowest BCUT2D eigenvalue weighted by Crippen LogP contribution is -2.60. The molecule has 4 aliphatic rings. The Bertz CT molecular complexity index is 1860. The molecule has 4 amide bonds. The Morgan fingerprint density at radius 3 is 2.65 bits per heavy atom. The van der Waals surface area contributed by atoms with Crippen LogP contribution in [0.15, 0.2) is 42.6 Å². The maximum atomic E-state index is 14.5. The fourth-order valence-corrected chi connectivity index (χ4v) is 7.98. The van der Waals surface area contributed by atoms with E-state index in [-0.39, 0.29) is 44.9 Å². The van der Waals surface area contributed by atoms with Crippen LogP contribution >= 0.6 is 0 Å². The highest BCUT2D eigenvalue weighted by Crippen LogP contribution is 2.46. The van der Waals surface area contributed by atoms with Crippen molar-refractivity contribution in [2.24, 2.45) is 11.8 Å². The van der Waals surface area contributed by atoms with Crippen LogP contribution in [0.3, 0.4) is 0 Å². The average molecular weight is 743 g/mol. The fraction of sp³-hybridized carbons (Fsp3) is 0.571. The van der Waals surface area contributed by atoms with Crippen LogP contribution in [0.4, 0.5) is 4.79 Å². The predicted octanol–water partition coefficient (Wildman–Crippen LogP) is 1.92. The number of pyridine rings is 1. The van der Waals surface area contributed by atoms with Gasteiger partial charge in [-0.05, 0) is 82.5 Å². The van der Waals surface area contributed by atoms with Gasteiger partial charge in [-0.2, -0.15) is 0 Å². The molecular formula is C35H46N6O10S. The molecule has 1 aromatic heterocycles. The van der Waals surface area contributed by atoms with Crippen LogP contribution in [0.1, 0.15) is 59.3 Å². The number of hydrogen-bond donors (Lipinski definition) is 3. The van der Waals surface area contributed by atoms with E-state index in [2.05, 4.69) is 15.0 Å². The van der Waals surface area contributed by atoms with E-state index in [1.165, 1.54) is 4.90 Å². The number of carbonyl (C=O) groups excluding carboxylic acids is 4. The van der Waals surface area contributed by atoms with Crippen molar-refractivity contribution < 1.29 is 46.5 Å². The number of hydrogen-bond acceptors (Lipinski definition) is 12. The number of nitrogens with one attached hydrogen (secondary N) is 2. The van der Waals surface area contributed by atoms with E-state index >= 15 is 0 Å². The zero-order valence-corrected chi connectivity index (χ0v) is 30.5. The summed E-state index contributed by atoms with van der Waals surface area (Å²) in [6.07, 6.45) is 4.80. The van der Waals surface area contributed by atoms with Gasteiger partial charge in [0.15, 0.2) is 0 Å². The molecule has 17 heteroatoms. The Labute approximate surface area is 302 Å². The molecule has 2 aliphatic heterocycles. The Morgan fingerprint density at radius 1 is 1.17 bits per heavy atom. The molecule has 3 fully saturated rings. The highest BCUT2D eigenvalue weighted by molar-refractivity contribution is 7.91. The second kappa shape index (κ2) is 14.5. The fourth-order valence-electron chi connectivity index (χ4n) is 6.61. The smallest absolute Gasteiger partial charge is 0.425 e. The minimum Gasteiger partial charge on any atom is -0.497 e. The molecule has 0 unspecified atom stereocenters. The number of aromatic nitrogens is 1. The molecule has 1 saturated heterocycles. The van der Waals surface area contributed by atoms with Gasteiger partial charge >= 0.3 is 6.09 Å². The number of fused-ring (bicyclic) bond motifs is 3. The number of rotatable bonds is 7. The van der Waals surface area contributed by atoms with E-state index in [1.54, 1.807) is 64.4 Å². The third-order valence-corrected chi connectivity index (χ3v) is 11.4. The molecule has 282 valence electrons. The zero-order valence-electron chi connectivity index (χ0n) is 29.7. The Kier molecular flexibility index (Phi) is 10.4. The van der Waals surface area contributed by atoms with Gasteiger partial charge in [0.1, 0.15) is 35.1 Å². The van der Waals surface area contributed by atoms with E-state index in [4.69, 9.17) is 24.8 Å². The summed E-state index contributed by atoms with van der Waals surface area (Å²) in [5.74, 6) is 4.52. The number of ether oxygens (including phenoxy) is 4. The third kappa shape index (κ3) is 8.10. The molecule has 2 aliphatic carbocycles. The average Bonchev–Trinajstić information content (AvgIpc) is 4.01. The summed E-state index contributed by atoms with van der Waals surface area (Å²) in [5.41, 5.74) is -2.48. The molecular weight excluding hydrogens is 696 g/mol. The number of carbonyl (C=O) groups is 4. The molecule has 1 aromatic carbocycles. The number of hydrazine groups is 1. The first-order valence-electron chi connectivity index (χ1n) is 17.4. The topological polar surface area (TPSA) is 209 Å². The molecule has 0 spiro atoms. The quantitative estimate of drug-likeness (QED) is 0.161. The van der Waals surface area contributed by atoms with Gasteiger partial charge in [0.05, 0.1) is 25.5 Å². The van der Waals surface area contributed by atoms with Crippen LogP contribution in [-0.4, -0.2) is 109 Å². The maximum absolute atomic E-state index is 14.5. The number of nitrogens with zero attached hydrogens (tertiary/aromatic N) is 3. The highest BCUT2D eigenvalue weighted by atomic mass is 32.2. The molecule has 5 atom stereocenters. The van der Waals surface area contributed by atoms with Crippen molar-refractivity contribution in [2.75, 3.05) is 26.9 Å². The molecule has 2 saturated carbocycles. The molecule has 16 nitrogen and oxygen atoms in total. The first kappa shape index (κ1) is 37.3. The molecule has 0 bridgehead atoms. The summed E-state index contributed by atoms with van der Waals surface area (Å²) in [6.45, 7) is 5.32. The summed E-state index contributed by atoms with van der Waals surface area (Å²) in [6, 6.07) is 4.77. The SMILES string of the molecule is COc1ccc2c(O[C@@H]3C[C@H]4C(=O)N[C@]5(C(=O)NS(=O)(=O)C6CC6)C[C@H]5/C=C\COCCC[C@H](N(N)C(=O)OC(C)(C)C)C(=O)N4C3)nccc2c1. The molecule has 6 rings (SSSR count). The largest absolute Gasteiger partial charge is 0.497 e. The third-order valence-electron chi connectivity index (χ3n) is 9.60. The lowest BCUT2D eigenvalue weighted by molar-refractivity contribution is -0.143. The lowest BCUT2D eigenvalue weighted by Gasteiger charge is -2.34. The van der Waals surface area contributed by atoms with Gasteiger partial charge in [0.25, 0.3) is 5.91 Å². The molecule has 52 heavy (non-hydrogen) atoms. The standard InChI is InChI=1S/C35H46N6O10S/c1-34(2,3)51-33(45)41(36)27-8-6-16-49-15-5-7-22-19-35(22,32(44)39-52(46,47)25-10-11-25)38-29(42)28-18-24(20-40(28)31(27)43)50-30-26-12-9-23(48-4)17-21(26)13-14-37-30/h5,7,9,12-14,17,22,24-25,27-28H,6,8,10-11,15-16,18-20,36H2,1-4H3,(H,38,42)(H,39,44)/b7-5-/t22-,24-,27+,28+,35-/m1/s1. The van der Waals surface area contributed by atoms with E-state index < -0.39 is 74.3 Å².